The SMILES string of the molecule is CCCCOc1ccc(C#Cc2ccc(-c3cc(F)c(N=C=S)c(F)c3)cc2)c(F)c1. The zero-order valence-corrected chi connectivity index (χ0v) is 17.5. The molecule has 0 aliphatic heterocycles. The van der Waals surface area contributed by atoms with Crippen LogP contribution < -0.4 is 4.74 Å². The lowest BCUT2D eigenvalue weighted by Crippen LogP contribution is -1.97. The maximum Gasteiger partial charge on any atom is 0.153 e. The topological polar surface area (TPSA) is 21.6 Å². The van der Waals surface area contributed by atoms with Gasteiger partial charge >= 0.3 is 0 Å². The van der Waals surface area contributed by atoms with Crippen molar-refractivity contribution in [2.75, 3.05) is 6.61 Å². The molecular weight excluding hydrogens is 419 g/mol. The lowest BCUT2D eigenvalue weighted by molar-refractivity contribution is 0.308. The molecular formula is C25H18F3NOS. The molecule has 0 unspecified atom stereocenters. The Kier molecular flexibility index (Phi) is 7.61. The molecule has 0 saturated carbocycles. The summed E-state index contributed by atoms with van der Waals surface area (Å²) >= 11 is 4.40. The van der Waals surface area contributed by atoms with Gasteiger partial charge in [0, 0.05) is 11.6 Å². The predicted molar refractivity (Wildman–Crippen MR) is 119 cm³/mol. The Balaban J connectivity index is 1.77. The molecule has 0 fully saturated rings. The van der Waals surface area contributed by atoms with Gasteiger partial charge in [0.05, 0.1) is 17.3 Å². The first-order valence-corrected chi connectivity index (χ1v) is 10.0. The van der Waals surface area contributed by atoms with Crippen LogP contribution in [0.2, 0.25) is 0 Å². The van der Waals surface area contributed by atoms with Crippen LogP contribution >= 0.6 is 12.2 Å². The van der Waals surface area contributed by atoms with Crippen molar-refractivity contribution in [3.8, 4) is 28.7 Å². The molecule has 0 atom stereocenters. The van der Waals surface area contributed by atoms with E-state index in [0.717, 1.165) is 12.8 Å². The minimum absolute atomic E-state index is 0.255. The summed E-state index contributed by atoms with van der Waals surface area (Å²) in [6.45, 7) is 2.60. The fourth-order valence-corrected chi connectivity index (χ4v) is 2.88. The molecule has 156 valence electrons. The highest BCUT2D eigenvalue weighted by Gasteiger charge is 2.11. The molecule has 0 amide bonds. The molecule has 2 nitrogen and oxygen atoms in total. The van der Waals surface area contributed by atoms with Crippen molar-refractivity contribution in [2.45, 2.75) is 19.8 Å². The van der Waals surface area contributed by atoms with Crippen molar-refractivity contribution in [1.29, 1.82) is 0 Å². The second-order valence-electron chi connectivity index (χ2n) is 6.66. The molecule has 0 N–H and O–H groups in total. The number of hydrogen-bond acceptors (Lipinski definition) is 3. The van der Waals surface area contributed by atoms with Crippen molar-refractivity contribution in [1.82, 2.24) is 0 Å². The van der Waals surface area contributed by atoms with E-state index in [4.69, 9.17) is 4.74 Å². The van der Waals surface area contributed by atoms with Crippen LogP contribution in [0.1, 0.15) is 30.9 Å². The molecule has 31 heavy (non-hydrogen) atoms. The number of halogens is 3. The van der Waals surface area contributed by atoms with Gasteiger partial charge in [0.1, 0.15) is 17.3 Å². The van der Waals surface area contributed by atoms with E-state index in [9.17, 15) is 13.2 Å². The van der Waals surface area contributed by atoms with E-state index < -0.39 is 23.1 Å². The number of thiocarbonyl (C=S) groups is 1. The number of aliphatic imine (C=N–C) groups is 1. The Morgan fingerprint density at radius 2 is 1.58 bits per heavy atom. The van der Waals surface area contributed by atoms with Crippen LogP contribution in [0, 0.1) is 29.3 Å². The highest BCUT2D eigenvalue weighted by Crippen LogP contribution is 2.29. The number of rotatable bonds is 6. The summed E-state index contributed by atoms with van der Waals surface area (Å²) in [6.07, 6.45) is 1.91. The molecule has 0 saturated heterocycles. The van der Waals surface area contributed by atoms with E-state index in [0.29, 0.717) is 29.0 Å². The molecule has 3 rings (SSSR count). The Morgan fingerprint density at radius 1 is 0.871 bits per heavy atom. The Hall–Kier alpha value is -3.39. The Labute approximate surface area is 184 Å². The van der Waals surface area contributed by atoms with Crippen molar-refractivity contribution >= 4 is 23.1 Å². The fourth-order valence-electron chi connectivity index (χ4n) is 2.79. The molecule has 3 aromatic carbocycles. The van der Waals surface area contributed by atoms with Crippen LogP contribution in [-0.4, -0.2) is 11.8 Å². The zero-order chi connectivity index (χ0) is 22.2. The maximum absolute atomic E-state index is 14.2. The van der Waals surface area contributed by atoms with E-state index in [1.807, 2.05) is 5.16 Å². The average Bonchev–Trinajstić information content (AvgIpc) is 2.76. The van der Waals surface area contributed by atoms with Gasteiger partial charge in [0.2, 0.25) is 0 Å². The minimum atomic E-state index is -0.825. The van der Waals surface area contributed by atoms with Gasteiger partial charge in [0.25, 0.3) is 0 Å². The quantitative estimate of drug-likeness (QED) is 0.178. The summed E-state index contributed by atoms with van der Waals surface area (Å²) in [7, 11) is 0. The fraction of sp³-hybridized carbons (Fsp3) is 0.160. The van der Waals surface area contributed by atoms with Crippen LogP contribution in [0.25, 0.3) is 11.1 Å². The molecule has 0 spiro atoms. The maximum atomic E-state index is 14.2. The second kappa shape index (κ2) is 10.6. The van der Waals surface area contributed by atoms with Gasteiger partial charge in [0.15, 0.2) is 11.6 Å². The van der Waals surface area contributed by atoms with E-state index in [1.54, 1.807) is 36.4 Å². The number of nitrogens with zero attached hydrogens (tertiary/aromatic N) is 1. The molecule has 0 bridgehead atoms. The van der Waals surface area contributed by atoms with Crippen molar-refractivity contribution in [3.63, 3.8) is 0 Å². The van der Waals surface area contributed by atoms with Gasteiger partial charge in [-0.25, -0.2) is 13.2 Å². The third-order valence-electron chi connectivity index (χ3n) is 4.44. The smallest absolute Gasteiger partial charge is 0.153 e. The summed E-state index contributed by atoms with van der Waals surface area (Å²) in [4.78, 5) is 3.40. The first-order valence-electron chi connectivity index (χ1n) is 9.63. The number of isothiocyanates is 1. The summed E-state index contributed by atoms with van der Waals surface area (Å²) in [5.41, 5.74) is 1.37. The third kappa shape index (κ3) is 5.82. The summed E-state index contributed by atoms with van der Waals surface area (Å²) < 4.78 is 47.8. The van der Waals surface area contributed by atoms with Gasteiger partial charge in [-0.1, -0.05) is 37.3 Å². The molecule has 0 radical (unpaired) electrons. The Bertz CT molecular complexity index is 1170. The first kappa shape index (κ1) is 22.3. The van der Waals surface area contributed by atoms with Crippen molar-refractivity contribution in [3.05, 3.63) is 83.2 Å². The van der Waals surface area contributed by atoms with E-state index in [1.165, 1.54) is 18.2 Å². The monoisotopic (exact) mass is 437 g/mol. The molecule has 0 aromatic heterocycles. The molecule has 0 heterocycles. The van der Waals surface area contributed by atoms with Crippen LogP contribution in [0.5, 0.6) is 5.75 Å². The van der Waals surface area contributed by atoms with Gasteiger partial charge in [-0.3, -0.25) is 0 Å². The van der Waals surface area contributed by atoms with Crippen LogP contribution in [-0.2, 0) is 0 Å². The van der Waals surface area contributed by atoms with Crippen LogP contribution in [0.4, 0.5) is 18.9 Å². The molecule has 3 aromatic rings. The average molecular weight is 437 g/mol. The highest BCUT2D eigenvalue weighted by atomic mass is 32.1. The molecule has 6 heteroatoms. The van der Waals surface area contributed by atoms with Gasteiger partial charge < -0.3 is 4.74 Å². The second-order valence-corrected chi connectivity index (χ2v) is 6.85. The zero-order valence-electron chi connectivity index (χ0n) is 16.7. The van der Waals surface area contributed by atoms with Gasteiger partial charge in [-0.05, 0) is 66.2 Å². The lowest BCUT2D eigenvalue weighted by atomic mass is 10.0. The third-order valence-corrected chi connectivity index (χ3v) is 4.53. The van der Waals surface area contributed by atoms with Crippen molar-refractivity contribution in [2.24, 2.45) is 4.99 Å². The lowest BCUT2D eigenvalue weighted by Gasteiger charge is -2.06. The largest absolute Gasteiger partial charge is 0.493 e. The Morgan fingerprint density at radius 3 is 2.19 bits per heavy atom. The van der Waals surface area contributed by atoms with Crippen LogP contribution in [0.3, 0.4) is 0 Å². The van der Waals surface area contributed by atoms with E-state index >= 15 is 0 Å². The summed E-state index contributed by atoms with van der Waals surface area (Å²) in [6, 6.07) is 13.7. The van der Waals surface area contributed by atoms with Gasteiger partial charge in [-0.15, -0.1) is 0 Å². The summed E-state index contributed by atoms with van der Waals surface area (Å²) in [5, 5.41) is 1.96. The standard InChI is InChI=1S/C25H18F3NOS/c1-2-3-12-30-21-11-10-19(22(26)15-21)9-6-17-4-7-18(8-5-17)20-13-23(27)25(29-16-31)24(28)14-20/h4-5,7-8,10-11,13-15H,2-3,12H2,1H3. The molecule has 0 aliphatic rings. The van der Waals surface area contributed by atoms with Gasteiger partial charge in [-0.2, -0.15) is 4.99 Å². The van der Waals surface area contributed by atoms with Crippen LogP contribution in [0.15, 0.2) is 59.6 Å². The normalized spacial score (nSPS) is 10.1. The number of benzene rings is 3. The van der Waals surface area contributed by atoms with Crippen molar-refractivity contribution < 1.29 is 17.9 Å². The number of unbranched alkanes of at least 4 members (excludes halogenated alkanes) is 1. The van der Waals surface area contributed by atoms with E-state index in [2.05, 4.69) is 36.0 Å². The highest BCUT2D eigenvalue weighted by molar-refractivity contribution is 7.78. The predicted octanol–water partition coefficient (Wildman–Crippen LogP) is 7.08. The first-order chi connectivity index (χ1) is 15.0. The summed E-state index contributed by atoms with van der Waals surface area (Å²) in [5.74, 6) is 4.05. The molecule has 0 aliphatic carbocycles. The van der Waals surface area contributed by atoms with E-state index in [-0.39, 0.29) is 5.56 Å². The number of hydrogen-bond donors (Lipinski definition) is 0. The number of ether oxygens (including phenoxy) is 1. The minimum Gasteiger partial charge on any atom is -0.493 e.